The van der Waals surface area contributed by atoms with Gasteiger partial charge in [0.05, 0.1) is 13.2 Å². The van der Waals surface area contributed by atoms with Crippen LogP contribution in [0.15, 0.2) is 0 Å². The Balaban J connectivity index is 0.00000361. The first kappa shape index (κ1) is 19.7. The van der Waals surface area contributed by atoms with Gasteiger partial charge < -0.3 is 15.4 Å². The Bertz CT molecular complexity index is 280. The molecular formula is C15H31ClN2O2. The van der Waals surface area contributed by atoms with Crippen LogP contribution >= 0.6 is 12.4 Å². The molecule has 120 valence electrons. The van der Waals surface area contributed by atoms with Crippen LogP contribution in [0.4, 0.5) is 0 Å². The van der Waals surface area contributed by atoms with E-state index in [1.165, 1.54) is 19.3 Å². The van der Waals surface area contributed by atoms with E-state index < -0.39 is 0 Å². The first-order chi connectivity index (χ1) is 8.95. The second kappa shape index (κ2) is 9.59. The molecule has 0 spiro atoms. The van der Waals surface area contributed by atoms with Gasteiger partial charge >= 0.3 is 0 Å². The molecule has 5 heteroatoms. The van der Waals surface area contributed by atoms with E-state index in [1.54, 1.807) is 7.11 Å². The van der Waals surface area contributed by atoms with E-state index in [9.17, 15) is 4.79 Å². The number of hydrogen-bond acceptors (Lipinski definition) is 3. The summed E-state index contributed by atoms with van der Waals surface area (Å²) in [6.45, 7) is 8.58. The summed E-state index contributed by atoms with van der Waals surface area (Å²) in [5.41, 5.74) is 0.266. The van der Waals surface area contributed by atoms with Gasteiger partial charge in [-0.05, 0) is 24.2 Å². The predicted octanol–water partition coefficient (Wildman–Crippen LogP) is 2.37. The van der Waals surface area contributed by atoms with Gasteiger partial charge in [-0.3, -0.25) is 4.79 Å². The zero-order valence-electron chi connectivity index (χ0n) is 13.3. The predicted molar refractivity (Wildman–Crippen MR) is 85.3 cm³/mol. The van der Waals surface area contributed by atoms with Crippen molar-refractivity contribution in [2.24, 2.45) is 11.3 Å². The first-order valence-electron chi connectivity index (χ1n) is 7.44. The normalized spacial score (nSPS) is 23.0. The van der Waals surface area contributed by atoms with Crippen LogP contribution in [-0.2, 0) is 9.53 Å². The van der Waals surface area contributed by atoms with Crippen LogP contribution in [0.3, 0.4) is 0 Å². The summed E-state index contributed by atoms with van der Waals surface area (Å²) in [5.74, 6) is 0.696. The number of ether oxygens (including phenoxy) is 1. The molecular weight excluding hydrogens is 276 g/mol. The Kier molecular flexibility index (Phi) is 9.43. The summed E-state index contributed by atoms with van der Waals surface area (Å²) in [4.78, 5) is 11.9. The van der Waals surface area contributed by atoms with Crippen LogP contribution in [0.5, 0.6) is 0 Å². The number of nitrogens with one attached hydrogen (secondary N) is 2. The van der Waals surface area contributed by atoms with Gasteiger partial charge in [0.15, 0.2) is 0 Å². The number of amides is 1. The zero-order chi connectivity index (χ0) is 14.3. The lowest BCUT2D eigenvalue weighted by atomic mass is 9.69. The quantitative estimate of drug-likeness (QED) is 0.741. The van der Waals surface area contributed by atoms with Gasteiger partial charge in [-0.2, -0.15) is 0 Å². The molecule has 1 rings (SSSR count). The van der Waals surface area contributed by atoms with Gasteiger partial charge in [-0.1, -0.05) is 33.6 Å². The standard InChI is InChI=1S/C15H30N2O2.ClH/c1-15(2,3)12-7-5-6-8-13(12)17-14(18)11-16-9-10-19-4;/h12-13,16H,5-11H2,1-4H3,(H,17,18);1H. The van der Waals surface area contributed by atoms with Crippen LogP contribution < -0.4 is 10.6 Å². The minimum atomic E-state index is 0. The molecule has 1 saturated carbocycles. The smallest absolute Gasteiger partial charge is 0.234 e. The van der Waals surface area contributed by atoms with Gasteiger partial charge in [0.1, 0.15) is 0 Å². The Labute approximate surface area is 129 Å². The van der Waals surface area contributed by atoms with E-state index in [1.807, 2.05) is 0 Å². The zero-order valence-corrected chi connectivity index (χ0v) is 14.1. The van der Waals surface area contributed by atoms with Crippen molar-refractivity contribution in [1.29, 1.82) is 0 Å². The average Bonchev–Trinajstić information content (AvgIpc) is 2.34. The SMILES string of the molecule is COCCNCC(=O)NC1CCCCC1C(C)(C)C.Cl. The highest BCUT2D eigenvalue weighted by molar-refractivity contribution is 5.85. The molecule has 20 heavy (non-hydrogen) atoms. The van der Waals surface area contributed by atoms with Crippen LogP contribution in [0.2, 0.25) is 0 Å². The molecule has 1 aliphatic rings. The van der Waals surface area contributed by atoms with Crippen LogP contribution in [0, 0.1) is 11.3 Å². The molecule has 1 aliphatic carbocycles. The largest absolute Gasteiger partial charge is 0.383 e. The van der Waals surface area contributed by atoms with E-state index in [2.05, 4.69) is 31.4 Å². The van der Waals surface area contributed by atoms with Gasteiger partial charge in [-0.25, -0.2) is 0 Å². The summed E-state index contributed by atoms with van der Waals surface area (Å²) < 4.78 is 4.94. The Morgan fingerprint density at radius 1 is 1.25 bits per heavy atom. The Hall–Kier alpha value is -0.320. The van der Waals surface area contributed by atoms with E-state index in [-0.39, 0.29) is 23.7 Å². The fraction of sp³-hybridized carbons (Fsp3) is 0.933. The molecule has 0 saturated heterocycles. The minimum Gasteiger partial charge on any atom is -0.383 e. The molecule has 2 N–H and O–H groups in total. The maximum Gasteiger partial charge on any atom is 0.234 e. The second-order valence-corrected chi connectivity index (χ2v) is 6.60. The molecule has 2 unspecified atom stereocenters. The highest BCUT2D eigenvalue weighted by Crippen LogP contribution is 2.37. The molecule has 0 aromatic carbocycles. The van der Waals surface area contributed by atoms with Crippen molar-refractivity contribution in [3.63, 3.8) is 0 Å². The summed E-state index contributed by atoms with van der Waals surface area (Å²) in [6.07, 6.45) is 4.87. The Morgan fingerprint density at radius 3 is 2.50 bits per heavy atom. The van der Waals surface area contributed by atoms with E-state index in [0.29, 0.717) is 25.1 Å². The van der Waals surface area contributed by atoms with E-state index in [0.717, 1.165) is 13.0 Å². The monoisotopic (exact) mass is 306 g/mol. The molecule has 1 amide bonds. The van der Waals surface area contributed by atoms with Crippen LogP contribution in [-0.4, -0.2) is 38.8 Å². The third-order valence-corrected chi connectivity index (χ3v) is 3.99. The maximum absolute atomic E-state index is 11.9. The fourth-order valence-electron chi connectivity index (χ4n) is 2.97. The van der Waals surface area contributed by atoms with Gasteiger partial charge in [0.2, 0.25) is 5.91 Å². The molecule has 0 heterocycles. The van der Waals surface area contributed by atoms with Crippen LogP contribution in [0.25, 0.3) is 0 Å². The number of carbonyl (C=O) groups is 1. The van der Waals surface area contributed by atoms with Crippen molar-refractivity contribution in [2.75, 3.05) is 26.8 Å². The van der Waals surface area contributed by atoms with E-state index >= 15 is 0 Å². The topological polar surface area (TPSA) is 50.4 Å². The fourth-order valence-corrected chi connectivity index (χ4v) is 2.97. The highest BCUT2D eigenvalue weighted by atomic mass is 35.5. The van der Waals surface area contributed by atoms with Crippen LogP contribution in [0.1, 0.15) is 46.5 Å². The first-order valence-corrected chi connectivity index (χ1v) is 7.44. The number of rotatable bonds is 6. The Morgan fingerprint density at radius 2 is 1.90 bits per heavy atom. The maximum atomic E-state index is 11.9. The number of carbonyl (C=O) groups excluding carboxylic acids is 1. The number of methoxy groups -OCH3 is 1. The lowest BCUT2D eigenvalue weighted by molar-refractivity contribution is -0.122. The van der Waals surface area contributed by atoms with Crippen molar-refractivity contribution < 1.29 is 9.53 Å². The lowest BCUT2D eigenvalue weighted by Crippen LogP contribution is -2.49. The average molecular weight is 307 g/mol. The van der Waals surface area contributed by atoms with Crippen molar-refractivity contribution in [3.05, 3.63) is 0 Å². The van der Waals surface area contributed by atoms with E-state index in [4.69, 9.17) is 4.74 Å². The molecule has 0 aromatic heterocycles. The minimum absolute atomic E-state index is 0. The molecule has 1 fully saturated rings. The van der Waals surface area contributed by atoms with Gasteiger partial charge in [0, 0.05) is 19.7 Å². The molecule has 0 radical (unpaired) electrons. The summed E-state index contributed by atoms with van der Waals surface area (Å²) >= 11 is 0. The molecule has 0 bridgehead atoms. The second-order valence-electron chi connectivity index (χ2n) is 6.60. The summed E-state index contributed by atoms with van der Waals surface area (Å²) in [6, 6.07) is 0.338. The van der Waals surface area contributed by atoms with Gasteiger partial charge in [-0.15, -0.1) is 12.4 Å². The molecule has 0 aromatic rings. The van der Waals surface area contributed by atoms with Crippen molar-refractivity contribution in [1.82, 2.24) is 10.6 Å². The number of hydrogen-bond donors (Lipinski definition) is 2. The van der Waals surface area contributed by atoms with Gasteiger partial charge in [0.25, 0.3) is 0 Å². The molecule has 4 nitrogen and oxygen atoms in total. The summed E-state index contributed by atoms with van der Waals surface area (Å²) in [7, 11) is 1.66. The van der Waals surface area contributed by atoms with Crippen molar-refractivity contribution in [3.8, 4) is 0 Å². The lowest BCUT2D eigenvalue weighted by Gasteiger charge is -2.40. The highest BCUT2D eigenvalue weighted by Gasteiger charge is 2.34. The summed E-state index contributed by atoms with van der Waals surface area (Å²) in [5, 5.41) is 6.30. The third kappa shape index (κ3) is 6.91. The third-order valence-electron chi connectivity index (χ3n) is 3.99. The molecule has 2 atom stereocenters. The van der Waals surface area contributed by atoms with Crippen molar-refractivity contribution in [2.45, 2.75) is 52.5 Å². The van der Waals surface area contributed by atoms with Crippen molar-refractivity contribution >= 4 is 18.3 Å². The number of halogens is 1. The molecule has 0 aliphatic heterocycles.